The second-order valence-corrected chi connectivity index (χ2v) is 5.93. The molecule has 7 nitrogen and oxygen atoms in total. The molecule has 2 heterocycles. The van der Waals surface area contributed by atoms with Crippen molar-refractivity contribution in [2.45, 2.75) is 26.2 Å². The summed E-state index contributed by atoms with van der Waals surface area (Å²) in [6.45, 7) is 1.78. The predicted octanol–water partition coefficient (Wildman–Crippen LogP) is 2.00. The molecule has 0 aliphatic rings. The minimum absolute atomic E-state index is 0.0537. The summed E-state index contributed by atoms with van der Waals surface area (Å²) in [5, 5.41) is 6.76. The molecule has 3 N–H and O–H groups in total. The van der Waals surface area contributed by atoms with Gasteiger partial charge in [-0.2, -0.15) is 18.3 Å². The van der Waals surface area contributed by atoms with Gasteiger partial charge in [-0.25, -0.2) is 9.67 Å². The summed E-state index contributed by atoms with van der Waals surface area (Å²) >= 11 is 0. The number of fused-ring (bicyclic) bond motifs is 1. The predicted molar refractivity (Wildman–Crippen MR) is 88.9 cm³/mol. The van der Waals surface area contributed by atoms with Crippen molar-refractivity contribution >= 4 is 22.8 Å². The Morgan fingerprint density at radius 2 is 2.04 bits per heavy atom. The van der Waals surface area contributed by atoms with Crippen LogP contribution in [0.5, 0.6) is 0 Å². The minimum Gasteiger partial charge on any atom is -0.384 e. The zero-order valence-electron chi connectivity index (χ0n) is 14.1. The van der Waals surface area contributed by atoms with Gasteiger partial charge in [0.15, 0.2) is 0 Å². The second-order valence-electron chi connectivity index (χ2n) is 5.93. The summed E-state index contributed by atoms with van der Waals surface area (Å²) in [5.74, 6) is 0.486. The van der Waals surface area contributed by atoms with E-state index in [1.165, 1.54) is 10.7 Å². The van der Waals surface area contributed by atoms with Crippen LogP contribution in [0.15, 0.2) is 24.3 Å². The molecule has 2 aromatic heterocycles. The highest BCUT2D eigenvalue weighted by molar-refractivity contribution is 5.78. The fourth-order valence-corrected chi connectivity index (χ4v) is 2.65. The van der Waals surface area contributed by atoms with E-state index in [-0.39, 0.29) is 24.5 Å². The number of amides is 1. The Bertz CT molecular complexity index is 972. The fourth-order valence-electron chi connectivity index (χ4n) is 2.65. The average Bonchev–Trinajstić information content (AvgIpc) is 3.03. The Balaban J connectivity index is 1.73. The van der Waals surface area contributed by atoms with Crippen LogP contribution in [0.25, 0.3) is 11.0 Å². The number of halogens is 3. The number of carbonyl (C=O) groups is 1. The zero-order valence-corrected chi connectivity index (χ0v) is 14.1. The molecule has 1 amide bonds. The van der Waals surface area contributed by atoms with Crippen LogP contribution < -0.4 is 11.1 Å². The maximum Gasteiger partial charge on any atom is 0.416 e. The first kappa shape index (κ1) is 17.8. The molecule has 10 heteroatoms. The van der Waals surface area contributed by atoms with Gasteiger partial charge >= 0.3 is 6.18 Å². The maximum atomic E-state index is 12.8. The molecule has 0 atom stereocenters. The lowest BCUT2D eigenvalue weighted by atomic mass is 10.2. The summed E-state index contributed by atoms with van der Waals surface area (Å²) in [4.78, 5) is 16.2. The van der Waals surface area contributed by atoms with Gasteiger partial charge < -0.3 is 15.6 Å². The molecule has 0 aliphatic heterocycles. The number of aryl methyl sites for hydroxylation is 2. The van der Waals surface area contributed by atoms with Crippen molar-refractivity contribution in [3.8, 4) is 0 Å². The first-order valence-corrected chi connectivity index (χ1v) is 7.74. The summed E-state index contributed by atoms with van der Waals surface area (Å²) in [7, 11) is 1.68. The monoisotopic (exact) mass is 366 g/mol. The number of nitrogens with two attached hydrogens (primary N) is 1. The normalized spacial score (nSPS) is 11.9. The van der Waals surface area contributed by atoms with E-state index < -0.39 is 11.7 Å². The van der Waals surface area contributed by atoms with E-state index in [1.807, 2.05) is 0 Å². The van der Waals surface area contributed by atoms with Crippen molar-refractivity contribution in [2.24, 2.45) is 7.05 Å². The molecule has 0 bridgehead atoms. The number of nitrogens with zero attached hydrogens (tertiary/aromatic N) is 4. The van der Waals surface area contributed by atoms with E-state index in [0.717, 1.165) is 12.1 Å². The number of imidazole rings is 1. The van der Waals surface area contributed by atoms with E-state index in [2.05, 4.69) is 15.4 Å². The van der Waals surface area contributed by atoms with Gasteiger partial charge in [-0.1, -0.05) is 0 Å². The van der Waals surface area contributed by atoms with Crippen LogP contribution in [0, 0.1) is 6.92 Å². The largest absolute Gasteiger partial charge is 0.416 e. The minimum atomic E-state index is -4.43. The second kappa shape index (κ2) is 6.36. The highest BCUT2D eigenvalue weighted by atomic mass is 19.4. The van der Waals surface area contributed by atoms with E-state index in [9.17, 15) is 18.0 Å². The summed E-state index contributed by atoms with van der Waals surface area (Å²) in [6, 6.07) is 5.02. The molecular formula is C16H17F3N6O. The average molecular weight is 366 g/mol. The van der Waals surface area contributed by atoms with Crippen LogP contribution in [-0.2, 0) is 31.1 Å². The van der Waals surface area contributed by atoms with Gasteiger partial charge in [0.1, 0.15) is 18.2 Å². The third kappa shape index (κ3) is 3.48. The number of nitrogen functional groups attached to an aromatic ring is 1. The van der Waals surface area contributed by atoms with Crippen molar-refractivity contribution in [3.63, 3.8) is 0 Å². The Labute approximate surface area is 146 Å². The molecule has 3 aromatic rings. The third-order valence-corrected chi connectivity index (χ3v) is 3.97. The van der Waals surface area contributed by atoms with Crippen LogP contribution in [0.1, 0.15) is 17.1 Å². The van der Waals surface area contributed by atoms with Gasteiger partial charge in [0.25, 0.3) is 0 Å². The van der Waals surface area contributed by atoms with Gasteiger partial charge in [-0.15, -0.1) is 0 Å². The van der Waals surface area contributed by atoms with E-state index in [1.54, 1.807) is 24.6 Å². The standard InChI is InChI=1S/C16H17F3N6O/c1-9-5-13(20)25(23-9)8-15(26)21-7-14-22-11-6-10(16(17,18)19)3-4-12(11)24(14)2/h3-6H,7-8,20H2,1-2H3,(H,21,26). The van der Waals surface area contributed by atoms with E-state index in [4.69, 9.17) is 5.73 Å². The highest BCUT2D eigenvalue weighted by Crippen LogP contribution is 2.31. The number of alkyl halides is 3. The van der Waals surface area contributed by atoms with Crippen molar-refractivity contribution in [3.05, 3.63) is 41.3 Å². The van der Waals surface area contributed by atoms with Gasteiger partial charge in [0.05, 0.1) is 28.8 Å². The lowest BCUT2D eigenvalue weighted by Crippen LogP contribution is -2.29. The molecule has 0 saturated heterocycles. The van der Waals surface area contributed by atoms with Gasteiger partial charge in [0.2, 0.25) is 5.91 Å². The molecule has 1 aromatic carbocycles. The van der Waals surface area contributed by atoms with E-state index in [0.29, 0.717) is 22.9 Å². The van der Waals surface area contributed by atoms with E-state index >= 15 is 0 Å². The Hall–Kier alpha value is -3.04. The van der Waals surface area contributed by atoms with Gasteiger partial charge in [0, 0.05) is 13.1 Å². The number of nitrogens with one attached hydrogen (secondary N) is 1. The number of rotatable bonds is 4. The number of benzene rings is 1. The van der Waals surface area contributed by atoms with Crippen LogP contribution in [0.4, 0.5) is 19.0 Å². The lowest BCUT2D eigenvalue weighted by molar-refractivity contribution is -0.137. The Morgan fingerprint density at radius 1 is 1.31 bits per heavy atom. The molecule has 0 saturated carbocycles. The van der Waals surface area contributed by atoms with Crippen LogP contribution in [0.3, 0.4) is 0 Å². The molecule has 0 fully saturated rings. The van der Waals surface area contributed by atoms with Gasteiger partial charge in [-0.05, 0) is 25.1 Å². The van der Waals surface area contributed by atoms with Crippen LogP contribution in [0.2, 0.25) is 0 Å². The van der Waals surface area contributed by atoms with Crippen LogP contribution >= 0.6 is 0 Å². The molecule has 0 spiro atoms. The lowest BCUT2D eigenvalue weighted by Gasteiger charge is -2.07. The van der Waals surface area contributed by atoms with Crippen LogP contribution in [-0.4, -0.2) is 25.2 Å². The molecule has 0 aliphatic carbocycles. The number of hydrogen-bond donors (Lipinski definition) is 2. The Kier molecular flexibility index (Phi) is 4.34. The SMILES string of the molecule is Cc1cc(N)n(CC(=O)NCc2nc3cc(C(F)(F)F)ccc3n2C)n1. The summed E-state index contributed by atoms with van der Waals surface area (Å²) in [6.07, 6.45) is -4.43. The quantitative estimate of drug-likeness (QED) is 0.739. The topological polar surface area (TPSA) is 90.8 Å². The molecule has 138 valence electrons. The molecule has 0 unspecified atom stereocenters. The molecule has 3 rings (SSSR count). The van der Waals surface area contributed by atoms with Crippen molar-refractivity contribution < 1.29 is 18.0 Å². The number of carbonyl (C=O) groups excluding carboxylic acids is 1. The highest BCUT2D eigenvalue weighted by Gasteiger charge is 2.31. The van der Waals surface area contributed by atoms with Crippen molar-refractivity contribution in [1.82, 2.24) is 24.6 Å². The number of hydrogen-bond acceptors (Lipinski definition) is 4. The smallest absolute Gasteiger partial charge is 0.384 e. The fraction of sp³-hybridized carbons (Fsp3) is 0.312. The molecular weight excluding hydrogens is 349 g/mol. The first-order chi connectivity index (χ1) is 12.1. The first-order valence-electron chi connectivity index (χ1n) is 7.74. The molecule has 26 heavy (non-hydrogen) atoms. The Morgan fingerprint density at radius 3 is 2.65 bits per heavy atom. The molecule has 0 radical (unpaired) electrons. The zero-order chi connectivity index (χ0) is 19.1. The summed E-state index contributed by atoms with van der Waals surface area (Å²) < 4.78 is 41.4. The number of aromatic nitrogens is 4. The number of anilines is 1. The summed E-state index contributed by atoms with van der Waals surface area (Å²) in [5.41, 5.74) is 6.44. The van der Waals surface area contributed by atoms with Crippen molar-refractivity contribution in [1.29, 1.82) is 0 Å². The van der Waals surface area contributed by atoms with Crippen molar-refractivity contribution in [2.75, 3.05) is 5.73 Å². The maximum absolute atomic E-state index is 12.8. The third-order valence-electron chi connectivity index (χ3n) is 3.97. The van der Waals surface area contributed by atoms with Gasteiger partial charge in [-0.3, -0.25) is 4.79 Å².